The average Bonchev–Trinajstić information content (AvgIpc) is 3.33. The summed E-state index contributed by atoms with van der Waals surface area (Å²) in [6, 6.07) is 9.15. The number of nitrogens with zero attached hydrogens (tertiary/aromatic N) is 2. The predicted molar refractivity (Wildman–Crippen MR) is 124 cm³/mol. The highest BCUT2D eigenvalue weighted by Gasteiger charge is 2.31. The predicted octanol–water partition coefficient (Wildman–Crippen LogP) is 4.21. The van der Waals surface area contributed by atoms with Crippen molar-refractivity contribution in [1.82, 2.24) is 9.88 Å². The molecular formula is C22H21N3O4S2. The molecule has 2 aliphatic heterocycles. The van der Waals surface area contributed by atoms with Crippen molar-refractivity contribution in [1.29, 1.82) is 0 Å². The number of thioether (sulfide) groups is 1. The zero-order valence-corrected chi connectivity index (χ0v) is 18.3. The molecular weight excluding hydrogens is 434 g/mol. The van der Waals surface area contributed by atoms with Gasteiger partial charge >= 0.3 is 0 Å². The number of hydrogen-bond acceptors (Lipinski definition) is 7. The fourth-order valence-corrected chi connectivity index (χ4v) is 4.55. The standard InChI is InChI=1S/C22H21N3O4S2/c26-20(24-16-5-4-9-23-13-16)6-2-1-3-10-25-21(27)19(31-22(25)30)12-15-7-8-17-18(11-15)29-14-28-17/h4-5,7-9,11-13H,1-3,6,10,14H2,(H,24,26)/b19-12-. The molecule has 0 saturated carbocycles. The van der Waals surface area contributed by atoms with Gasteiger partial charge in [-0.1, -0.05) is 36.5 Å². The van der Waals surface area contributed by atoms with Gasteiger partial charge in [-0.05, 0) is 48.7 Å². The first-order valence-corrected chi connectivity index (χ1v) is 11.2. The Labute approximate surface area is 189 Å². The Hall–Kier alpha value is -2.91. The molecule has 7 nitrogen and oxygen atoms in total. The molecule has 160 valence electrons. The van der Waals surface area contributed by atoms with Crippen molar-refractivity contribution in [3.63, 3.8) is 0 Å². The number of carbonyl (C=O) groups excluding carboxylic acids is 2. The zero-order chi connectivity index (χ0) is 21.6. The number of amides is 2. The summed E-state index contributed by atoms with van der Waals surface area (Å²) in [6.45, 7) is 0.763. The molecule has 1 N–H and O–H groups in total. The van der Waals surface area contributed by atoms with E-state index in [2.05, 4.69) is 10.3 Å². The van der Waals surface area contributed by atoms with Crippen LogP contribution in [0.15, 0.2) is 47.6 Å². The number of fused-ring (bicyclic) bond motifs is 1. The van der Waals surface area contributed by atoms with Crippen molar-refractivity contribution in [3.8, 4) is 11.5 Å². The Morgan fingerprint density at radius 3 is 2.94 bits per heavy atom. The lowest BCUT2D eigenvalue weighted by Gasteiger charge is -2.14. The summed E-state index contributed by atoms with van der Waals surface area (Å²) in [5.74, 6) is 1.27. The molecule has 0 bridgehead atoms. The van der Waals surface area contributed by atoms with Gasteiger partial charge in [-0.2, -0.15) is 0 Å². The van der Waals surface area contributed by atoms with E-state index in [1.807, 2.05) is 24.3 Å². The van der Waals surface area contributed by atoms with Crippen LogP contribution in [0, 0.1) is 0 Å². The fourth-order valence-electron chi connectivity index (χ4n) is 3.24. The van der Waals surface area contributed by atoms with Crippen LogP contribution in [0.5, 0.6) is 11.5 Å². The van der Waals surface area contributed by atoms with Gasteiger partial charge in [-0.15, -0.1) is 0 Å². The number of aromatic nitrogens is 1. The van der Waals surface area contributed by atoms with E-state index in [1.165, 1.54) is 11.8 Å². The summed E-state index contributed by atoms with van der Waals surface area (Å²) in [5.41, 5.74) is 1.56. The molecule has 1 saturated heterocycles. The van der Waals surface area contributed by atoms with Crippen molar-refractivity contribution in [2.45, 2.75) is 25.7 Å². The minimum Gasteiger partial charge on any atom is -0.454 e. The number of unbranched alkanes of at least 4 members (excludes halogenated alkanes) is 2. The maximum absolute atomic E-state index is 12.8. The molecule has 2 amide bonds. The van der Waals surface area contributed by atoms with Crippen LogP contribution in [-0.2, 0) is 9.59 Å². The van der Waals surface area contributed by atoms with Gasteiger partial charge in [0.15, 0.2) is 11.5 Å². The van der Waals surface area contributed by atoms with Crippen LogP contribution in [0.4, 0.5) is 5.69 Å². The highest BCUT2D eigenvalue weighted by Crippen LogP contribution is 2.36. The van der Waals surface area contributed by atoms with Crippen LogP contribution in [0.25, 0.3) is 6.08 Å². The molecule has 31 heavy (non-hydrogen) atoms. The van der Waals surface area contributed by atoms with Crippen LogP contribution < -0.4 is 14.8 Å². The number of pyridine rings is 1. The fraction of sp³-hybridized carbons (Fsp3) is 0.273. The summed E-state index contributed by atoms with van der Waals surface area (Å²) < 4.78 is 11.3. The van der Waals surface area contributed by atoms with Gasteiger partial charge in [-0.3, -0.25) is 19.5 Å². The third-order valence-electron chi connectivity index (χ3n) is 4.80. The average molecular weight is 456 g/mol. The maximum Gasteiger partial charge on any atom is 0.266 e. The summed E-state index contributed by atoms with van der Waals surface area (Å²) in [4.78, 5) is 30.9. The van der Waals surface area contributed by atoms with Gasteiger partial charge in [0, 0.05) is 19.2 Å². The Morgan fingerprint density at radius 2 is 2.10 bits per heavy atom. The third kappa shape index (κ3) is 5.42. The van der Waals surface area contributed by atoms with Crippen LogP contribution >= 0.6 is 24.0 Å². The van der Waals surface area contributed by atoms with E-state index in [-0.39, 0.29) is 18.6 Å². The number of hydrogen-bond donors (Lipinski definition) is 1. The summed E-state index contributed by atoms with van der Waals surface area (Å²) >= 11 is 6.70. The third-order valence-corrected chi connectivity index (χ3v) is 6.18. The number of anilines is 1. The van der Waals surface area contributed by atoms with Gasteiger partial charge in [0.25, 0.3) is 5.91 Å². The molecule has 2 aliphatic rings. The summed E-state index contributed by atoms with van der Waals surface area (Å²) in [7, 11) is 0. The highest BCUT2D eigenvalue weighted by atomic mass is 32.2. The second kappa shape index (κ2) is 9.93. The topological polar surface area (TPSA) is 80.8 Å². The van der Waals surface area contributed by atoms with Crippen LogP contribution in [0.2, 0.25) is 0 Å². The monoisotopic (exact) mass is 455 g/mol. The van der Waals surface area contributed by atoms with E-state index in [0.717, 1.165) is 24.8 Å². The van der Waals surface area contributed by atoms with E-state index in [9.17, 15) is 9.59 Å². The number of benzene rings is 1. The minimum absolute atomic E-state index is 0.0368. The van der Waals surface area contributed by atoms with E-state index in [0.29, 0.717) is 39.4 Å². The molecule has 1 fully saturated rings. The lowest BCUT2D eigenvalue weighted by molar-refractivity contribution is -0.122. The Morgan fingerprint density at radius 1 is 1.23 bits per heavy atom. The van der Waals surface area contributed by atoms with Crippen molar-refractivity contribution in [2.75, 3.05) is 18.7 Å². The summed E-state index contributed by atoms with van der Waals surface area (Å²) in [6.07, 6.45) is 7.88. The zero-order valence-electron chi connectivity index (χ0n) is 16.7. The maximum atomic E-state index is 12.8. The molecule has 0 radical (unpaired) electrons. The minimum atomic E-state index is -0.0815. The first-order valence-electron chi connectivity index (χ1n) is 9.95. The lowest BCUT2D eigenvalue weighted by Crippen LogP contribution is -2.29. The number of carbonyl (C=O) groups is 2. The number of thiocarbonyl (C=S) groups is 1. The molecule has 1 aromatic carbocycles. The SMILES string of the molecule is O=C(CCCCCN1C(=O)/C(=C/c2ccc3c(c2)OCO3)SC1=S)Nc1cccnc1. The molecule has 0 aliphatic carbocycles. The van der Waals surface area contributed by atoms with Crippen molar-refractivity contribution in [2.24, 2.45) is 0 Å². The van der Waals surface area contributed by atoms with E-state index in [4.69, 9.17) is 21.7 Å². The molecule has 0 atom stereocenters. The molecule has 1 aromatic heterocycles. The van der Waals surface area contributed by atoms with E-state index >= 15 is 0 Å². The number of nitrogens with one attached hydrogen (secondary N) is 1. The Balaban J connectivity index is 1.23. The van der Waals surface area contributed by atoms with Gasteiger partial charge in [0.2, 0.25) is 12.7 Å². The second-order valence-electron chi connectivity index (χ2n) is 7.05. The normalized spacial score (nSPS) is 16.3. The van der Waals surface area contributed by atoms with Crippen molar-refractivity contribution >= 4 is 51.9 Å². The largest absolute Gasteiger partial charge is 0.454 e. The molecule has 0 spiro atoms. The Bertz CT molecular complexity index is 1030. The van der Waals surface area contributed by atoms with Crippen LogP contribution in [0.3, 0.4) is 0 Å². The number of rotatable bonds is 8. The van der Waals surface area contributed by atoms with Gasteiger partial charge in [-0.25, -0.2) is 0 Å². The molecule has 3 heterocycles. The molecule has 2 aromatic rings. The quantitative estimate of drug-likeness (QED) is 0.363. The lowest BCUT2D eigenvalue weighted by atomic mass is 10.1. The van der Waals surface area contributed by atoms with Gasteiger partial charge in [0.1, 0.15) is 4.32 Å². The highest BCUT2D eigenvalue weighted by molar-refractivity contribution is 8.26. The smallest absolute Gasteiger partial charge is 0.266 e. The van der Waals surface area contributed by atoms with E-state index in [1.54, 1.807) is 29.4 Å². The summed E-state index contributed by atoms with van der Waals surface area (Å²) in [5, 5.41) is 2.82. The van der Waals surface area contributed by atoms with Crippen LogP contribution in [-0.4, -0.2) is 39.4 Å². The van der Waals surface area contributed by atoms with Crippen molar-refractivity contribution in [3.05, 3.63) is 53.2 Å². The molecule has 0 unspecified atom stereocenters. The van der Waals surface area contributed by atoms with Gasteiger partial charge in [0.05, 0.1) is 16.8 Å². The number of ether oxygens (including phenoxy) is 2. The van der Waals surface area contributed by atoms with Gasteiger partial charge < -0.3 is 14.8 Å². The first kappa shape index (κ1) is 21.3. The first-order chi connectivity index (χ1) is 15.1. The van der Waals surface area contributed by atoms with E-state index < -0.39 is 0 Å². The second-order valence-corrected chi connectivity index (χ2v) is 8.72. The molecule has 9 heteroatoms. The Kier molecular flexibility index (Phi) is 6.83. The molecule has 4 rings (SSSR count). The van der Waals surface area contributed by atoms with Crippen LogP contribution in [0.1, 0.15) is 31.2 Å². The van der Waals surface area contributed by atoms with Crippen molar-refractivity contribution < 1.29 is 19.1 Å².